The maximum atomic E-state index is 13.6. The predicted molar refractivity (Wildman–Crippen MR) is 128 cm³/mol. The van der Waals surface area contributed by atoms with Crippen molar-refractivity contribution in [1.82, 2.24) is 30.0 Å². The Labute approximate surface area is 208 Å². The molecule has 10 heteroatoms. The van der Waals surface area contributed by atoms with Crippen LogP contribution in [0.2, 0.25) is 0 Å². The highest BCUT2D eigenvalue weighted by atomic mass is 19.3. The summed E-state index contributed by atoms with van der Waals surface area (Å²) < 4.78 is 38.4. The van der Waals surface area contributed by atoms with Crippen LogP contribution >= 0.6 is 0 Å². The number of tetrazole rings is 1. The van der Waals surface area contributed by atoms with E-state index in [2.05, 4.69) is 42.2 Å². The molecule has 0 bridgehead atoms. The van der Waals surface area contributed by atoms with Crippen molar-refractivity contribution in [2.24, 2.45) is 0 Å². The van der Waals surface area contributed by atoms with E-state index >= 15 is 0 Å². The number of nitrogens with zero attached hydrogens (tertiary/aromatic N) is 6. The first-order chi connectivity index (χ1) is 17.5. The molecule has 0 radical (unpaired) electrons. The van der Waals surface area contributed by atoms with E-state index in [-0.39, 0.29) is 17.5 Å². The Balaban J connectivity index is 1.28. The number of rotatable bonds is 7. The Hall–Kier alpha value is -3.11. The molecule has 1 aliphatic carbocycles. The van der Waals surface area contributed by atoms with Gasteiger partial charge in [-0.25, -0.2) is 4.68 Å². The highest BCUT2D eigenvalue weighted by Gasteiger charge is 2.43. The van der Waals surface area contributed by atoms with Gasteiger partial charge in [0.2, 0.25) is 0 Å². The Morgan fingerprint density at radius 1 is 0.917 bits per heavy atom. The average Bonchev–Trinajstić information content (AvgIpc) is 3.31. The topological polar surface area (TPSA) is 68.5 Å². The summed E-state index contributed by atoms with van der Waals surface area (Å²) in [4.78, 5) is 5.07. The van der Waals surface area contributed by atoms with E-state index in [1.165, 1.54) is 19.3 Å². The fraction of sp³-hybridized carbons (Fsp3) is 0.500. The van der Waals surface area contributed by atoms with E-state index in [1.54, 1.807) is 12.1 Å². The largest absolute Gasteiger partial charge is 0.586 e. The molecular weight excluding hydrogens is 466 g/mol. The molecule has 190 valence electrons. The second kappa shape index (κ2) is 9.74. The Morgan fingerprint density at radius 2 is 1.75 bits per heavy atom. The van der Waals surface area contributed by atoms with E-state index < -0.39 is 6.29 Å². The summed E-state index contributed by atoms with van der Waals surface area (Å²) in [5.41, 5.74) is 1.98. The van der Waals surface area contributed by atoms with Crippen LogP contribution in [0.1, 0.15) is 48.7 Å². The number of ether oxygens (including phenoxy) is 2. The third-order valence-corrected chi connectivity index (χ3v) is 7.52. The molecule has 0 amide bonds. The van der Waals surface area contributed by atoms with Gasteiger partial charge in [-0.05, 0) is 65.9 Å². The molecule has 3 aromatic rings. The van der Waals surface area contributed by atoms with Gasteiger partial charge >= 0.3 is 6.29 Å². The first-order valence-electron chi connectivity index (χ1n) is 12.7. The molecule has 1 saturated heterocycles. The fourth-order valence-corrected chi connectivity index (χ4v) is 5.43. The maximum absolute atomic E-state index is 13.6. The van der Waals surface area contributed by atoms with Crippen LogP contribution in [0.3, 0.4) is 0 Å². The predicted octanol–water partition coefficient (Wildman–Crippen LogP) is 3.89. The van der Waals surface area contributed by atoms with E-state index in [0.717, 1.165) is 49.6 Å². The van der Waals surface area contributed by atoms with Gasteiger partial charge in [0.05, 0.1) is 12.6 Å². The summed E-state index contributed by atoms with van der Waals surface area (Å²) in [6, 6.07) is 15.7. The first kappa shape index (κ1) is 23.3. The fourth-order valence-electron chi connectivity index (χ4n) is 5.43. The lowest BCUT2D eigenvalue weighted by Gasteiger charge is -2.37. The quantitative estimate of drug-likeness (QED) is 0.492. The van der Waals surface area contributed by atoms with E-state index in [9.17, 15) is 8.78 Å². The average molecular weight is 497 g/mol. The maximum Gasteiger partial charge on any atom is 0.586 e. The van der Waals surface area contributed by atoms with Crippen molar-refractivity contribution in [2.45, 2.75) is 57.0 Å². The highest BCUT2D eigenvalue weighted by Crippen LogP contribution is 2.42. The van der Waals surface area contributed by atoms with Crippen molar-refractivity contribution in [3.63, 3.8) is 0 Å². The van der Waals surface area contributed by atoms with Crippen molar-refractivity contribution in [3.8, 4) is 11.5 Å². The minimum Gasteiger partial charge on any atom is -0.395 e. The smallest absolute Gasteiger partial charge is 0.395 e. The van der Waals surface area contributed by atoms with Crippen LogP contribution in [0.5, 0.6) is 11.5 Å². The van der Waals surface area contributed by atoms with Crippen LogP contribution < -0.4 is 9.47 Å². The van der Waals surface area contributed by atoms with Gasteiger partial charge in [0, 0.05) is 25.7 Å². The Kier molecular flexibility index (Phi) is 6.30. The molecular formula is C26H30F2N6O2. The summed E-state index contributed by atoms with van der Waals surface area (Å²) in [5, 5.41) is 12.8. The van der Waals surface area contributed by atoms with Gasteiger partial charge < -0.3 is 9.47 Å². The van der Waals surface area contributed by atoms with E-state index in [0.29, 0.717) is 19.0 Å². The van der Waals surface area contributed by atoms with E-state index in [4.69, 9.17) is 4.74 Å². The zero-order chi connectivity index (χ0) is 24.5. The zero-order valence-corrected chi connectivity index (χ0v) is 20.1. The van der Waals surface area contributed by atoms with Crippen molar-refractivity contribution in [2.75, 3.05) is 26.2 Å². The highest BCUT2D eigenvalue weighted by molar-refractivity contribution is 5.45. The number of hydrogen-bond donors (Lipinski definition) is 0. The zero-order valence-electron chi connectivity index (χ0n) is 20.1. The standard InChI is InChI=1S/C26H30F2N6O2/c27-26(28)35-23-11-10-20(17-24(23)36-26)16-22(33-13-5-12-32(14-15-33)21-8-4-9-21)25-29-30-31-34(25)18-19-6-2-1-3-7-19/h1-3,6-7,10-11,17,21-22H,4-5,8-9,12-16,18H2. The van der Waals surface area contributed by atoms with Gasteiger partial charge in [0.1, 0.15) is 0 Å². The summed E-state index contributed by atoms with van der Waals surface area (Å²) in [5.74, 6) is 0.895. The van der Waals surface area contributed by atoms with Crippen LogP contribution in [0.15, 0.2) is 48.5 Å². The molecule has 1 saturated carbocycles. The van der Waals surface area contributed by atoms with Crippen molar-refractivity contribution in [3.05, 3.63) is 65.5 Å². The summed E-state index contributed by atoms with van der Waals surface area (Å²) in [7, 11) is 0. The molecule has 0 N–H and O–H groups in total. The van der Waals surface area contributed by atoms with Gasteiger partial charge in [-0.2, -0.15) is 0 Å². The van der Waals surface area contributed by atoms with Crippen molar-refractivity contribution >= 4 is 0 Å². The van der Waals surface area contributed by atoms with Crippen molar-refractivity contribution < 1.29 is 18.3 Å². The lowest BCUT2D eigenvalue weighted by atomic mass is 9.91. The summed E-state index contributed by atoms with van der Waals surface area (Å²) >= 11 is 0. The normalized spacial score (nSPS) is 21.2. The molecule has 1 atom stereocenters. The first-order valence-corrected chi connectivity index (χ1v) is 12.7. The third-order valence-electron chi connectivity index (χ3n) is 7.52. The van der Waals surface area contributed by atoms with Crippen LogP contribution in [0.25, 0.3) is 0 Å². The monoisotopic (exact) mass is 496 g/mol. The molecule has 1 aromatic heterocycles. The molecule has 2 aromatic carbocycles. The summed E-state index contributed by atoms with van der Waals surface area (Å²) in [6.45, 7) is 4.50. The van der Waals surface area contributed by atoms with Gasteiger partial charge in [-0.1, -0.05) is 42.8 Å². The molecule has 2 fully saturated rings. The van der Waals surface area contributed by atoms with Gasteiger partial charge in [0.15, 0.2) is 17.3 Å². The molecule has 8 nitrogen and oxygen atoms in total. The number of hydrogen-bond acceptors (Lipinski definition) is 7. The van der Waals surface area contributed by atoms with Crippen LogP contribution in [0, 0.1) is 0 Å². The minimum absolute atomic E-state index is 0.0557. The second-order valence-electron chi connectivity index (χ2n) is 9.86. The lowest BCUT2D eigenvalue weighted by molar-refractivity contribution is -0.286. The number of fused-ring (bicyclic) bond motifs is 1. The number of aromatic nitrogens is 4. The second-order valence-corrected chi connectivity index (χ2v) is 9.86. The molecule has 0 spiro atoms. The third kappa shape index (κ3) is 4.92. The lowest BCUT2D eigenvalue weighted by Crippen LogP contribution is -2.42. The molecule has 3 heterocycles. The Morgan fingerprint density at radius 3 is 2.56 bits per heavy atom. The Bertz CT molecular complexity index is 1190. The van der Waals surface area contributed by atoms with Crippen molar-refractivity contribution in [1.29, 1.82) is 0 Å². The molecule has 3 aliphatic rings. The van der Waals surface area contributed by atoms with Gasteiger partial charge in [-0.3, -0.25) is 9.80 Å². The molecule has 6 rings (SSSR count). The van der Waals surface area contributed by atoms with Gasteiger partial charge in [-0.15, -0.1) is 13.9 Å². The number of benzene rings is 2. The number of halogens is 2. The van der Waals surface area contributed by atoms with Gasteiger partial charge in [0.25, 0.3) is 0 Å². The SMILES string of the molecule is FC1(F)Oc2ccc(CC(c3nnnn3Cc3ccccc3)N3CCCN(C4CCC4)CC3)cc2O1. The van der Waals surface area contributed by atoms with Crippen LogP contribution in [-0.4, -0.2) is 68.5 Å². The summed E-state index contributed by atoms with van der Waals surface area (Å²) in [6.07, 6.45) is 1.92. The van der Waals surface area contributed by atoms with Crippen LogP contribution in [-0.2, 0) is 13.0 Å². The molecule has 1 unspecified atom stereocenters. The molecule has 2 aliphatic heterocycles. The van der Waals surface area contributed by atoms with E-state index in [1.807, 2.05) is 28.9 Å². The molecule has 36 heavy (non-hydrogen) atoms. The minimum atomic E-state index is -3.63. The van der Waals surface area contributed by atoms with Crippen LogP contribution in [0.4, 0.5) is 8.78 Å². The number of alkyl halides is 2.